The van der Waals surface area contributed by atoms with Crippen LogP contribution in [0.1, 0.15) is 42.0 Å². The Balaban J connectivity index is 1.28. The smallest absolute Gasteiger partial charge is 0.407 e. The summed E-state index contributed by atoms with van der Waals surface area (Å²) in [5.41, 5.74) is 8.73. The summed E-state index contributed by atoms with van der Waals surface area (Å²) in [6, 6.07) is 20.7. The zero-order valence-corrected chi connectivity index (χ0v) is 21.0. The van der Waals surface area contributed by atoms with Crippen LogP contribution in [0.25, 0.3) is 22.4 Å². The van der Waals surface area contributed by atoms with Crippen LogP contribution < -0.4 is 0 Å². The third-order valence-corrected chi connectivity index (χ3v) is 7.44. The van der Waals surface area contributed by atoms with E-state index in [-0.39, 0.29) is 6.04 Å². The van der Waals surface area contributed by atoms with Gasteiger partial charge in [0.25, 0.3) is 0 Å². The van der Waals surface area contributed by atoms with Gasteiger partial charge >= 0.3 is 6.09 Å². The number of hydrogen-bond donors (Lipinski definition) is 1. The van der Waals surface area contributed by atoms with Crippen LogP contribution in [-0.4, -0.2) is 49.7 Å². The number of nitrogens with zero attached hydrogens (tertiary/aromatic N) is 5. The van der Waals surface area contributed by atoms with E-state index in [9.17, 15) is 9.90 Å². The van der Waals surface area contributed by atoms with Crippen LogP contribution >= 0.6 is 0 Å². The van der Waals surface area contributed by atoms with Gasteiger partial charge in [0, 0.05) is 42.2 Å². The zero-order valence-electron chi connectivity index (χ0n) is 21.0. The zero-order chi connectivity index (χ0) is 25.9. The highest BCUT2D eigenvalue weighted by atomic mass is 16.6. The summed E-state index contributed by atoms with van der Waals surface area (Å²) in [6.07, 6.45) is 7.92. The van der Waals surface area contributed by atoms with Crippen molar-refractivity contribution >= 4 is 11.8 Å². The Kier molecular flexibility index (Phi) is 6.60. The molecular weight excluding hydrogens is 478 g/mol. The molecule has 2 aromatic heterocycles. The number of carbonyl (C=O) groups is 1. The molecule has 192 valence electrons. The van der Waals surface area contributed by atoms with E-state index in [2.05, 4.69) is 33.0 Å². The van der Waals surface area contributed by atoms with E-state index in [1.807, 2.05) is 48.7 Å². The monoisotopic (exact) mass is 507 g/mol. The fourth-order valence-corrected chi connectivity index (χ4v) is 5.44. The molecule has 1 amide bonds. The molecule has 0 radical (unpaired) electrons. The van der Waals surface area contributed by atoms with Gasteiger partial charge in [0.2, 0.25) is 0 Å². The van der Waals surface area contributed by atoms with Crippen molar-refractivity contribution in [1.29, 1.82) is 0 Å². The SMILES string of the molecule is O=C(O)N1CCC(n2ncc(-c3ccc4c(c3)CC/C4=N\OCc3ccccc3)c2-c2ccncc2)CC1. The summed E-state index contributed by atoms with van der Waals surface area (Å²) < 4.78 is 2.08. The maximum Gasteiger partial charge on any atom is 0.407 e. The van der Waals surface area contributed by atoms with Gasteiger partial charge in [-0.2, -0.15) is 5.10 Å². The summed E-state index contributed by atoms with van der Waals surface area (Å²) in [7, 11) is 0. The maximum absolute atomic E-state index is 11.4. The van der Waals surface area contributed by atoms with Crippen molar-refractivity contribution in [2.45, 2.75) is 38.3 Å². The van der Waals surface area contributed by atoms with Crippen molar-refractivity contribution in [3.63, 3.8) is 0 Å². The number of hydrogen-bond acceptors (Lipinski definition) is 5. The van der Waals surface area contributed by atoms with Gasteiger partial charge in [-0.25, -0.2) is 4.79 Å². The van der Waals surface area contributed by atoms with Gasteiger partial charge in [-0.15, -0.1) is 0 Å². The van der Waals surface area contributed by atoms with Crippen molar-refractivity contribution in [1.82, 2.24) is 19.7 Å². The van der Waals surface area contributed by atoms with Gasteiger partial charge in [-0.05, 0) is 54.5 Å². The lowest BCUT2D eigenvalue weighted by Crippen LogP contribution is -2.38. The second-order valence-corrected chi connectivity index (χ2v) is 9.76. The Labute approximate surface area is 221 Å². The summed E-state index contributed by atoms with van der Waals surface area (Å²) in [6.45, 7) is 1.48. The average molecular weight is 508 g/mol. The number of benzene rings is 2. The first-order valence-corrected chi connectivity index (χ1v) is 13.0. The molecule has 6 rings (SSSR count). The quantitative estimate of drug-likeness (QED) is 0.333. The third kappa shape index (κ3) is 4.77. The highest BCUT2D eigenvalue weighted by Gasteiger charge is 2.28. The Hall–Kier alpha value is -4.46. The molecule has 8 nitrogen and oxygen atoms in total. The van der Waals surface area contributed by atoms with E-state index in [1.165, 1.54) is 10.5 Å². The fourth-order valence-electron chi connectivity index (χ4n) is 5.44. The molecular formula is C30H29N5O3. The van der Waals surface area contributed by atoms with Gasteiger partial charge in [0.05, 0.1) is 23.6 Å². The van der Waals surface area contributed by atoms with E-state index in [0.29, 0.717) is 19.7 Å². The number of piperidine rings is 1. The highest BCUT2D eigenvalue weighted by Crippen LogP contribution is 2.38. The number of amides is 1. The summed E-state index contributed by atoms with van der Waals surface area (Å²) >= 11 is 0. The highest BCUT2D eigenvalue weighted by molar-refractivity contribution is 6.04. The molecule has 0 bridgehead atoms. The number of aromatic nitrogens is 3. The molecule has 1 saturated heterocycles. The third-order valence-electron chi connectivity index (χ3n) is 7.44. The Bertz CT molecular complexity index is 1460. The lowest BCUT2D eigenvalue weighted by atomic mass is 9.97. The minimum atomic E-state index is -0.856. The molecule has 38 heavy (non-hydrogen) atoms. The lowest BCUT2D eigenvalue weighted by Gasteiger charge is -2.31. The molecule has 3 heterocycles. The number of oxime groups is 1. The first-order valence-electron chi connectivity index (χ1n) is 13.0. The second kappa shape index (κ2) is 10.5. The predicted molar refractivity (Wildman–Crippen MR) is 145 cm³/mol. The van der Waals surface area contributed by atoms with Crippen molar-refractivity contribution in [2.24, 2.45) is 5.16 Å². The lowest BCUT2D eigenvalue weighted by molar-refractivity contribution is 0.124. The van der Waals surface area contributed by atoms with Crippen molar-refractivity contribution < 1.29 is 14.7 Å². The van der Waals surface area contributed by atoms with Crippen LogP contribution in [0.4, 0.5) is 4.79 Å². The Morgan fingerprint density at radius 2 is 1.76 bits per heavy atom. The summed E-state index contributed by atoms with van der Waals surface area (Å²) in [5.74, 6) is 0. The van der Waals surface area contributed by atoms with Crippen LogP contribution in [0.15, 0.2) is 84.4 Å². The minimum absolute atomic E-state index is 0.137. The number of pyridine rings is 1. The van der Waals surface area contributed by atoms with E-state index < -0.39 is 6.09 Å². The molecule has 4 aromatic rings. The molecule has 0 spiro atoms. The molecule has 1 fully saturated rings. The Morgan fingerprint density at radius 3 is 2.53 bits per heavy atom. The number of fused-ring (bicyclic) bond motifs is 1. The number of likely N-dealkylation sites (tertiary alicyclic amines) is 1. The molecule has 2 aromatic carbocycles. The van der Waals surface area contributed by atoms with Gasteiger partial charge in [0.1, 0.15) is 6.61 Å². The molecule has 1 aliphatic carbocycles. The van der Waals surface area contributed by atoms with Crippen LogP contribution in [0.2, 0.25) is 0 Å². The van der Waals surface area contributed by atoms with Gasteiger partial charge in [-0.3, -0.25) is 9.67 Å². The van der Waals surface area contributed by atoms with Crippen molar-refractivity contribution in [3.8, 4) is 22.4 Å². The van der Waals surface area contributed by atoms with E-state index in [4.69, 9.17) is 9.94 Å². The molecule has 1 N–H and O–H groups in total. The van der Waals surface area contributed by atoms with Gasteiger partial charge < -0.3 is 14.8 Å². The van der Waals surface area contributed by atoms with Crippen LogP contribution in [0, 0.1) is 0 Å². The predicted octanol–water partition coefficient (Wildman–Crippen LogP) is 5.79. The molecule has 0 unspecified atom stereocenters. The van der Waals surface area contributed by atoms with E-state index in [1.54, 1.807) is 12.4 Å². The van der Waals surface area contributed by atoms with E-state index >= 15 is 0 Å². The van der Waals surface area contributed by atoms with Crippen LogP contribution in [0.5, 0.6) is 0 Å². The van der Waals surface area contributed by atoms with Gasteiger partial charge in [0.15, 0.2) is 0 Å². The fraction of sp³-hybridized carbons (Fsp3) is 0.267. The second-order valence-electron chi connectivity index (χ2n) is 9.76. The number of aryl methyl sites for hydroxylation is 1. The van der Waals surface area contributed by atoms with Crippen molar-refractivity contribution in [2.75, 3.05) is 13.1 Å². The van der Waals surface area contributed by atoms with E-state index in [0.717, 1.165) is 64.9 Å². The number of carboxylic acid groups (broad SMARTS) is 1. The largest absolute Gasteiger partial charge is 0.465 e. The first kappa shape index (κ1) is 23.9. The maximum atomic E-state index is 11.4. The minimum Gasteiger partial charge on any atom is -0.465 e. The molecule has 2 aliphatic rings. The molecule has 1 aliphatic heterocycles. The van der Waals surface area contributed by atoms with Crippen LogP contribution in [0.3, 0.4) is 0 Å². The molecule has 8 heteroatoms. The molecule has 0 atom stereocenters. The van der Waals surface area contributed by atoms with Crippen molar-refractivity contribution in [3.05, 3.63) is 95.9 Å². The topological polar surface area (TPSA) is 92.8 Å². The van der Waals surface area contributed by atoms with Crippen LogP contribution in [-0.2, 0) is 17.9 Å². The molecule has 0 saturated carbocycles. The standard InChI is InChI=1S/C30H29N5O3/c36-30(37)34-16-12-25(13-17-34)35-29(22-10-14-31-15-11-22)27(19-32-35)24-6-8-26-23(18-24)7-9-28(26)33-38-20-21-4-2-1-3-5-21/h1-6,8,10-11,14-15,18-19,25H,7,9,12-13,16-17,20H2,(H,36,37)/b33-28+. The Morgan fingerprint density at radius 1 is 0.974 bits per heavy atom. The first-order chi connectivity index (χ1) is 18.7. The average Bonchev–Trinajstić information content (AvgIpc) is 3.58. The van der Waals surface area contributed by atoms with Gasteiger partial charge in [-0.1, -0.05) is 53.7 Å². The summed E-state index contributed by atoms with van der Waals surface area (Å²) in [5, 5.41) is 18.6. The number of rotatable bonds is 6. The normalized spacial score (nSPS) is 16.5. The summed E-state index contributed by atoms with van der Waals surface area (Å²) in [4.78, 5) is 22.8.